The zero-order valence-corrected chi connectivity index (χ0v) is 7.92. The molecule has 0 spiro atoms. The fraction of sp³-hybridized carbons (Fsp3) is 0.700. The lowest BCUT2D eigenvalue weighted by Gasteiger charge is -2.21. The number of carbonyl (C=O) groups excluding carboxylic acids is 1. The van der Waals surface area contributed by atoms with E-state index < -0.39 is 0 Å². The monoisotopic (exact) mass is 167 g/mol. The SMILES string of the molecule is C=CC(=O)N1C[C@@H](C)C[C@H]1CC. The van der Waals surface area contributed by atoms with Crippen molar-refractivity contribution in [1.82, 2.24) is 4.90 Å². The molecule has 0 aromatic carbocycles. The lowest BCUT2D eigenvalue weighted by Crippen LogP contribution is -2.33. The van der Waals surface area contributed by atoms with Crippen LogP contribution in [0.1, 0.15) is 26.7 Å². The number of carbonyl (C=O) groups is 1. The van der Waals surface area contributed by atoms with E-state index in [0.29, 0.717) is 12.0 Å². The van der Waals surface area contributed by atoms with Crippen LogP contribution in [0.2, 0.25) is 0 Å². The minimum absolute atomic E-state index is 0.0891. The average molecular weight is 167 g/mol. The molecule has 1 amide bonds. The van der Waals surface area contributed by atoms with Crippen molar-refractivity contribution in [2.24, 2.45) is 5.92 Å². The van der Waals surface area contributed by atoms with E-state index in [4.69, 9.17) is 0 Å². The lowest BCUT2D eigenvalue weighted by atomic mass is 10.1. The Morgan fingerprint density at radius 3 is 2.92 bits per heavy atom. The predicted octanol–water partition coefficient (Wildman–Crippen LogP) is 1.82. The van der Waals surface area contributed by atoms with Gasteiger partial charge in [0.15, 0.2) is 0 Å². The van der Waals surface area contributed by atoms with Crippen LogP contribution in [0, 0.1) is 5.92 Å². The Morgan fingerprint density at radius 2 is 2.42 bits per heavy atom. The summed E-state index contributed by atoms with van der Waals surface area (Å²) in [4.78, 5) is 13.3. The Kier molecular flexibility index (Phi) is 2.90. The molecule has 12 heavy (non-hydrogen) atoms. The maximum Gasteiger partial charge on any atom is 0.246 e. The molecule has 0 saturated carbocycles. The van der Waals surface area contributed by atoms with E-state index in [0.717, 1.165) is 19.4 Å². The van der Waals surface area contributed by atoms with Gasteiger partial charge in [-0.1, -0.05) is 20.4 Å². The molecule has 2 nitrogen and oxygen atoms in total. The molecule has 2 atom stereocenters. The van der Waals surface area contributed by atoms with Crippen molar-refractivity contribution in [2.45, 2.75) is 32.7 Å². The molecule has 68 valence electrons. The van der Waals surface area contributed by atoms with Gasteiger partial charge in [-0.25, -0.2) is 0 Å². The second-order valence-corrected chi connectivity index (χ2v) is 3.60. The molecule has 0 radical (unpaired) electrons. The normalized spacial score (nSPS) is 29.0. The standard InChI is InChI=1S/C10H17NO/c1-4-9-6-8(3)7-11(9)10(12)5-2/h5,8-9H,2,4,6-7H2,1,3H3/t8-,9+/m0/s1. The summed E-state index contributed by atoms with van der Waals surface area (Å²) in [5.41, 5.74) is 0. The number of rotatable bonds is 2. The summed E-state index contributed by atoms with van der Waals surface area (Å²) >= 11 is 0. The highest BCUT2D eigenvalue weighted by Gasteiger charge is 2.30. The topological polar surface area (TPSA) is 20.3 Å². The van der Waals surface area contributed by atoms with Crippen molar-refractivity contribution >= 4 is 5.91 Å². The maximum absolute atomic E-state index is 11.3. The van der Waals surface area contributed by atoms with Crippen molar-refractivity contribution in [1.29, 1.82) is 0 Å². The molecule has 1 heterocycles. The van der Waals surface area contributed by atoms with E-state index in [1.54, 1.807) is 0 Å². The van der Waals surface area contributed by atoms with Crippen molar-refractivity contribution in [3.63, 3.8) is 0 Å². The van der Waals surface area contributed by atoms with Gasteiger partial charge >= 0.3 is 0 Å². The first-order valence-electron chi connectivity index (χ1n) is 4.62. The second kappa shape index (κ2) is 3.74. The van der Waals surface area contributed by atoms with Gasteiger partial charge in [0, 0.05) is 12.6 Å². The molecule has 1 fully saturated rings. The van der Waals surface area contributed by atoms with E-state index in [1.165, 1.54) is 6.08 Å². The molecule has 1 aliphatic heterocycles. The van der Waals surface area contributed by atoms with Gasteiger partial charge in [-0.05, 0) is 24.8 Å². The molecule has 0 aliphatic carbocycles. The largest absolute Gasteiger partial charge is 0.336 e. The molecule has 0 aromatic heterocycles. The first kappa shape index (κ1) is 9.30. The van der Waals surface area contributed by atoms with E-state index in [1.807, 2.05) is 4.90 Å². The molecule has 2 heteroatoms. The van der Waals surface area contributed by atoms with Gasteiger partial charge in [-0.2, -0.15) is 0 Å². The maximum atomic E-state index is 11.3. The third-order valence-electron chi connectivity index (χ3n) is 2.55. The summed E-state index contributed by atoms with van der Waals surface area (Å²) in [5.74, 6) is 0.741. The highest BCUT2D eigenvalue weighted by atomic mass is 16.2. The first-order chi connectivity index (χ1) is 5.69. The average Bonchev–Trinajstić information content (AvgIpc) is 2.45. The third-order valence-corrected chi connectivity index (χ3v) is 2.55. The highest BCUT2D eigenvalue weighted by Crippen LogP contribution is 2.24. The van der Waals surface area contributed by atoms with Crippen molar-refractivity contribution < 1.29 is 4.79 Å². The summed E-state index contributed by atoms with van der Waals surface area (Å²) in [5, 5.41) is 0. The molecule has 1 rings (SSSR count). The van der Waals surface area contributed by atoms with Gasteiger partial charge in [-0.3, -0.25) is 4.79 Å². The van der Waals surface area contributed by atoms with Gasteiger partial charge < -0.3 is 4.90 Å². The minimum Gasteiger partial charge on any atom is -0.336 e. The summed E-state index contributed by atoms with van der Waals surface area (Å²) < 4.78 is 0. The Balaban J connectivity index is 2.63. The molecule has 1 saturated heterocycles. The van der Waals surface area contributed by atoms with Crippen LogP contribution < -0.4 is 0 Å². The third kappa shape index (κ3) is 1.68. The van der Waals surface area contributed by atoms with Crippen LogP contribution >= 0.6 is 0 Å². The van der Waals surface area contributed by atoms with Gasteiger partial charge in [0.25, 0.3) is 0 Å². The summed E-state index contributed by atoms with van der Waals surface area (Å²) in [6.07, 6.45) is 3.63. The van der Waals surface area contributed by atoms with Gasteiger partial charge in [0.05, 0.1) is 0 Å². The van der Waals surface area contributed by atoms with Crippen molar-refractivity contribution in [2.75, 3.05) is 6.54 Å². The minimum atomic E-state index is 0.0891. The van der Waals surface area contributed by atoms with Crippen LogP contribution in [0.25, 0.3) is 0 Å². The highest BCUT2D eigenvalue weighted by molar-refractivity contribution is 5.87. The van der Waals surface area contributed by atoms with E-state index in [-0.39, 0.29) is 5.91 Å². The van der Waals surface area contributed by atoms with Gasteiger partial charge in [0.1, 0.15) is 0 Å². The summed E-state index contributed by atoms with van der Waals surface area (Å²) in [6, 6.07) is 0.450. The fourth-order valence-corrected chi connectivity index (χ4v) is 1.93. The van der Waals surface area contributed by atoms with Crippen LogP contribution in [-0.4, -0.2) is 23.4 Å². The van der Waals surface area contributed by atoms with Crippen LogP contribution in [0.15, 0.2) is 12.7 Å². The van der Waals surface area contributed by atoms with Crippen molar-refractivity contribution in [3.8, 4) is 0 Å². The van der Waals surface area contributed by atoms with E-state index in [2.05, 4.69) is 20.4 Å². The Bertz CT molecular complexity index is 188. The fourth-order valence-electron chi connectivity index (χ4n) is 1.93. The quantitative estimate of drug-likeness (QED) is 0.574. The smallest absolute Gasteiger partial charge is 0.246 e. The van der Waals surface area contributed by atoms with Crippen molar-refractivity contribution in [3.05, 3.63) is 12.7 Å². The second-order valence-electron chi connectivity index (χ2n) is 3.60. The van der Waals surface area contributed by atoms with E-state index in [9.17, 15) is 4.79 Å². The van der Waals surface area contributed by atoms with Crippen LogP contribution in [0.4, 0.5) is 0 Å². The molecule has 0 unspecified atom stereocenters. The van der Waals surface area contributed by atoms with Gasteiger partial charge in [-0.15, -0.1) is 0 Å². The molecule has 0 bridgehead atoms. The van der Waals surface area contributed by atoms with E-state index >= 15 is 0 Å². The Labute approximate surface area is 74.2 Å². The first-order valence-corrected chi connectivity index (χ1v) is 4.62. The molecule has 1 aliphatic rings. The zero-order chi connectivity index (χ0) is 9.14. The molecular weight excluding hydrogens is 150 g/mol. The number of hydrogen-bond acceptors (Lipinski definition) is 1. The van der Waals surface area contributed by atoms with Crippen LogP contribution in [0.3, 0.4) is 0 Å². The molecular formula is C10H17NO. The molecule has 0 N–H and O–H groups in total. The Morgan fingerprint density at radius 1 is 1.75 bits per heavy atom. The summed E-state index contributed by atoms with van der Waals surface area (Å²) in [7, 11) is 0. The zero-order valence-electron chi connectivity index (χ0n) is 7.92. The number of likely N-dealkylation sites (tertiary alicyclic amines) is 1. The molecule has 0 aromatic rings. The number of nitrogens with zero attached hydrogens (tertiary/aromatic N) is 1. The summed E-state index contributed by atoms with van der Waals surface area (Å²) in [6.45, 7) is 8.74. The van der Waals surface area contributed by atoms with Gasteiger partial charge in [0.2, 0.25) is 5.91 Å². The number of hydrogen-bond donors (Lipinski definition) is 0. The number of amides is 1. The predicted molar refractivity (Wildman–Crippen MR) is 49.8 cm³/mol. The van der Waals surface area contributed by atoms with Crippen LogP contribution in [-0.2, 0) is 4.79 Å². The lowest BCUT2D eigenvalue weighted by molar-refractivity contribution is -0.126. The van der Waals surface area contributed by atoms with Crippen LogP contribution in [0.5, 0.6) is 0 Å². The Hall–Kier alpha value is -0.790.